The Hall–Kier alpha value is -3.83. The number of carbonyl (C=O) groups excluding carboxylic acids is 2. The summed E-state index contributed by atoms with van der Waals surface area (Å²) in [5, 5.41) is 3.53. The zero-order chi connectivity index (χ0) is 26.2. The molecule has 37 heavy (non-hydrogen) atoms. The molecule has 1 aliphatic heterocycles. The van der Waals surface area contributed by atoms with Crippen molar-refractivity contribution in [3.05, 3.63) is 107 Å². The van der Waals surface area contributed by atoms with E-state index in [4.69, 9.17) is 11.6 Å². The van der Waals surface area contributed by atoms with E-state index in [-0.39, 0.29) is 11.8 Å². The van der Waals surface area contributed by atoms with Crippen molar-refractivity contribution in [3.8, 4) is 0 Å². The van der Waals surface area contributed by atoms with Gasteiger partial charge in [-0.15, -0.1) is 0 Å². The third-order valence-electron chi connectivity index (χ3n) is 6.40. The maximum atomic E-state index is 12.7. The van der Waals surface area contributed by atoms with Crippen molar-refractivity contribution in [2.75, 3.05) is 36.4 Å². The number of benzene rings is 3. The van der Waals surface area contributed by atoms with Crippen LogP contribution in [0.5, 0.6) is 0 Å². The summed E-state index contributed by atoms with van der Waals surface area (Å²) in [7, 11) is 0. The number of piperazine rings is 1. The predicted octanol–water partition coefficient (Wildman–Crippen LogP) is 6.48. The smallest absolute Gasteiger partial charge is 0.248 e. The number of halogens is 1. The zero-order valence-electron chi connectivity index (χ0n) is 21.2. The van der Waals surface area contributed by atoms with Crippen molar-refractivity contribution in [1.82, 2.24) is 4.90 Å². The molecule has 2 amide bonds. The quantitative estimate of drug-likeness (QED) is 0.368. The van der Waals surface area contributed by atoms with Gasteiger partial charge >= 0.3 is 0 Å². The molecule has 1 fully saturated rings. The molecule has 0 spiro atoms. The molecule has 1 saturated heterocycles. The van der Waals surface area contributed by atoms with Crippen LogP contribution >= 0.6 is 11.6 Å². The molecule has 0 radical (unpaired) electrons. The van der Waals surface area contributed by atoms with Crippen molar-refractivity contribution in [2.24, 2.45) is 0 Å². The average Bonchev–Trinajstić information content (AvgIpc) is 2.91. The van der Waals surface area contributed by atoms with Crippen LogP contribution in [0, 0.1) is 0 Å². The fourth-order valence-electron chi connectivity index (χ4n) is 4.23. The standard InChI is InChI=1S/C31H32ClN3O2/c1-23(2)26-12-8-25(9-13-26)10-16-30(36)33-28-22-27(32)14-15-29(28)34-18-20-35(21-19-34)31(37)17-11-24-6-4-3-5-7-24/h3-17,22-23H,18-21H2,1-2H3,(H,33,36)/b16-10+,17-11+. The van der Waals surface area contributed by atoms with Crippen LogP contribution in [-0.2, 0) is 9.59 Å². The number of nitrogens with one attached hydrogen (secondary N) is 1. The lowest BCUT2D eigenvalue weighted by atomic mass is 10.0. The van der Waals surface area contributed by atoms with Gasteiger partial charge in [-0.05, 0) is 53.0 Å². The Bertz CT molecular complexity index is 1280. The Kier molecular flexibility index (Phi) is 8.81. The highest BCUT2D eigenvalue weighted by molar-refractivity contribution is 6.31. The Balaban J connectivity index is 1.37. The lowest BCUT2D eigenvalue weighted by molar-refractivity contribution is -0.126. The highest BCUT2D eigenvalue weighted by atomic mass is 35.5. The second kappa shape index (κ2) is 12.4. The molecular formula is C31H32ClN3O2. The van der Waals surface area contributed by atoms with Crippen molar-refractivity contribution in [1.29, 1.82) is 0 Å². The van der Waals surface area contributed by atoms with Gasteiger partial charge in [0.2, 0.25) is 11.8 Å². The average molecular weight is 514 g/mol. The summed E-state index contributed by atoms with van der Waals surface area (Å²) in [6, 6.07) is 23.5. The molecule has 0 aromatic heterocycles. The summed E-state index contributed by atoms with van der Waals surface area (Å²) in [6.07, 6.45) is 6.80. The van der Waals surface area contributed by atoms with E-state index in [9.17, 15) is 9.59 Å². The number of amides is 2. The minimum atomic E-state index is -0.226. The van der Waals surface area contributed by atoms with Gasteiger partial charge in [-0.2, -0.15) is 0 Å². The van der Waals surface area contributed by atoms with Crippen molar-refractivity contribution >= 4 is 46.9 Å². The monoisotopic (exact) mass is 513 g/mol. The SMILES string of the molecule is CC(C)c1ccc(/C=C/C(=O)Nc2cc(Cl)ccc2N2CCN(C(=O)/C=C/c3ccccc3)CC2)cc1. The van der Waals surface area contributed by atoms with E-state index in [0.29, 0.717) is 42.8 Å². The maximum absolute atomic E-state index is 12.7. The first-order valence-electron chi connectivity index (χ1n) is 12.5. The van der Waals surface area contributed by atoms with Crippen LogP contribution in [-0.4, -0.2) is 42.9 Å². The molecule has 0 aliphatic carbocycles. The number of carbonyl (C=O) groups is 2. The molecule has 0 unspecified atom stereocenters. The molecule has 1 aliphatic rings. The van der Waals surface area contributed by atoms with E-state index in [0.717, 1.165) is 16.8 Å². The van der Waals surface area contributed by atoms with Gasteiger partial charge < -0.3 is 15.1 Å². The van der Waals surface area contributed by atoms with Gasteiger partial charge in [0.25, 0.3) is 0 Å². The molecule has 3 aromatic carbocycles. The van der Waals surface area contributed by atoms with Gasteiger partial charge in [0, 0.05) is 43.4 Å². The second-order valence-corrected chi connectivity index (χ2v) is 9.80. The number of anilines is 2. The third-order valence-corrected chi connectivity index (χ3v) is 6.63. The molecule has 0 bridgehead atoms. The molecule has 1 heterocycles. The first-order valence-corrected chi connectivity index (χ1v) is 12.9. The van der Waals surface area contributed by atoms with Gasteiger partial charge in [0.1, 0.15) is 0 Å². The highest BCUT2D eigenvalue weighted by Crippen LogP contribution is 2.30. The van der Waals surface area contributed by atoms with Gasteiger partial charge in [0.15, 0.2) is 0 Å². The molecule has 5 nitrogen and oxygen atoms in total. The molecule has 1 N–H and O–H groups in total. The minimum absolute atomic E-state index is 0.000278. The summed E-state index contributed by atoms with van der Waals surface area (Å²) in [6.45, 7) is 6.82. The largest absolute Gasteiger partial charge is 0.366 e. The molecule has 0 atom stereocenters. The van der Waals surface area contributed by atoms with Gasteiger partial charge in [-0.25, -0.2) is 0 Å². The first-order chi connectivity index (χ1) is 17.9. The van der Waals surface area contributed by atoms with Crippen LogP contribution in [0.25, 0.3) is 12.2 Å². The number of nitrogens with zero attached hydrogens (tertiary/aromatic N) is 2. The molecule has 6 heteroatoms. The maximum Gasteiger partial charge on any atom is 0.248 e. The van der Waals surface area contributed by atoms with Crippen LogP contribution in [0.4, 0.5) is 11.4 Å². The molecule has 0 saturated carbocycles. The van der Waals surface area contributed by atoms with E-state index in [1.807, 2.05) is 65.6 Å². The highest BCUT2D eigenvalue weighted by Gasteiger charge is 2.22. The van der Waals surface area contributed by atoms with Crippen LogP contribution in [0.2, 0.25) is 5.02 Å². The second-order valence-electron chi connectivity index (χ2n) is 9.36. The number of hydrogen-bond acceptors (Lipinski definition) is 3. The van der Waals surface area contributed by atoms with Crippen LogP contribution in [0.3, 0.4) is 0 Å². The topological polar surface area (TPSA) is 52.7 Å². The van der Waals surface area contributed by atoms with Crippen LogP contribution in [0.15, 0.2) is 84.9 Å². The molecule has 190 valence electrons. The van der Waals surface area contributed by atoms with Gasteiger partial charge in [-0.1, -0.05) is 80.0 Å². The van der Waals surface area contributed by atoms with Gasteiger partial charge in [-0.3, -0.25) is 9.59 Å². The number of hydrogen-bond donors (Lipinski definition) is 1. The third kappa shape index (κ3) is 7.34. The fraction of sp³-hybridized carbons (Fsp3) is 0.226. The molecular weight excluding hydrogens is 482 g/mol. The van der Waals surface area contributed by atoms with E-state index < -0.39 is 0 Å². The predicted molar refractivity (Wildman–Crippen MR) is 154 cm³/mol. The van der Waals surface area contributed by atoms with E-state index in [2.05, 4.69) is 36.2 Å². The number of rotatable bonds is 7. The summed E-state index contributed by atoms with van der Waals surface area (Å²) < 4.78 is 0. The zero-order valence-corrected chi connectivity index (χ0v) is 22.0. The molecule has 4 rings (SSSR count). The summed E-state index contributed by atoms with van der Waals surface area (Å²) in [5.41, 5.74) is 4.77. The lowest BCUT2D eigenvalue weighted by Crippen LogP contribution is -2.48. The summed E-state index contributed by atoms with van der Waals surface area (Å²) >= 11 is 6.25. The normalized spacial score (nSPS) is 14.1. The Morgan fingerprint density at radius 3 is 2.16 bits per heavy atom. The fourth-order valence-corrected chi connectivity index (χ4v) is 4.40. The van der Waals surface area contributed by atoms with Crippen molar-refractivity contribution < 1.29 is 9.59 Å². The first kappa shape index (κ1) is 26.2. The Morgan fingerprint density at radius 1 is 0.838 bits per heavy atom. The van der Waals surface area contributed by atoms with Gasteiger partial charge in [0.05, 0.1) is 11.4 Å². The van der Waals surface area contributed by atoms with E-state index in [1.54, 1.807) is 18.2 Å². The van der Waals surface area contributed by atoms with Crippen molar-refractivity contribution in [3.63, 3.8) is 0 Å². The molecule has 3 aromatic rings. The van der Waals surface area contributed by atoms with Crippen molar-refractivity contribution in [2.45, 2.75) is 19.8 Å². The van der Waals surface area contributed by atoms with E-state index >= 15 is 0 Å². The lowest BCUT2D eigenvalue weighted by Gasteiger charge is -2.36. The Morgan fingerprint density at radius 2 is 1.49 bits per heavy atom. The minimum Gasteiger partial charge on any atom is -0.366 e. The Labute approximate surface area is 224 Å². The van der Waals surface area contributed by atoms with Crippen LogP contribution < -0.4 is 10.2 Å². The summed E-state index contributed by atoms with van der Waals surface area (Å²) in [5.74, 6) is 0.240. The van der Waals surface area contributed by atoms with Crippen LogP contribution in [0.1, 0.15) is 36.5 Å². The summed E-state index contributed by atoms with van der Waals surface area (Å²) in [4.78, 5) is 29.4. The van der Waals surface area contributed by atoms with E-state index in [1.165, 1.54) is 11.6 Å².